The molecule has 0 saturated heterocycles. The molecule has 31 heavy (non-hydrogen) atoms. The standard InChI is InChI=1S/C24H24F3NO3/c1-2-31-22(30)23(13-16-10-11-18(24(25,26)27)12-17(16)14-23)28-21(29)20-9-5-7-15-6-3-4-8-19(15)20/h5,7,9-12H,2-4,6,8,13-14H2,1H3,(H,28,29). The molecule has 0 aromatic heterocycles. The van der Waals surface area contributed by atoms with Crippen molar-refractivity contribution in [3.8, 4) is 0 Å². The van der Waals surface area contributed by atoms with Crippen molar-refractivity contribution in [2.75, 3.05) is 6.61 Å². The molecular formula is C24H24F3NO3. The van der Waals surface area contributed by atoms with E-state index in [1.54, 1.807) is 13.0 Å². The Bertz CT molecular complexity index is 1030. The predicted molar refractivity (Wildman–Crippen MR) is 109 cm³/mol. The Morgan fingerprint density at radius 3 is 2.52 bits per heavy atom. The molecule has 2 aliphatic carbocycles. The van der Waals surface area contributed by atoms with Gasteiger partial charge in [0.1, 0.15) is 5.54 Å². The van der Waals surface area contributed by atoms with Crippen molar-refractivity contribution in [2.24, 2.45) is 0 Å². The molecule has 1 atom stereocenters. The summed E-state index contributed by atoms with van der Waals surface area (Å²) in [6, 6.07) is 9.03. The minimum absolute atomic E-state index is 0.0359. The molecule has 0 fully saturated rings. The first kappa shape index (κ1) is 21.4. The molecule has 0 bridgehead atoms. The molecule has 7 heteroatoms. The van der Waals surface area contributed by atoms with Gasteiger partial charge in [-0.15, -0.1) is 0 Å². The number of hydrogen-bond acceptors (Lipinski definition) is 3. The molecule has 2 aromatic carbocycles. The minimum atomic E-state index is -4.48. The lowest BCUT2D eigenvalue weighted by Gasteiger charge is -2.29. The Kier molecular flexibility index (Phi) is 5.54. The highest BCUT2D eigenvalue weighted by Crippen LogP contribution is 2.37. The number of amides is 1. The molecule has 2 aliphatic rings. The van der Waals surface area contributed by atoms with Gasteiger partial charge in [0.2, 0.25) is 0 Å². The van der Waals surface area contributed by atoms with Gasteiger partial charge in [-0.1, -0.05) is 18.2 Å². The van der Waals surface area contributed by atoms with Gasteiger partial charge in [-0.2, -0.15) is 13.2 Å². The maximum atomic E-state index is 13.3. The van der Waals surface area contributed by atoms with Gasteiger partial charge in [0.25, 0.3) is 5.91 Å². The Hall–Kier alpha value is -2.83. The lowest BCUT2D eigenvalue weighted by atomic mass is 9.87. The summed E-state index contributed by atoms with van der Waals surface area (Å²) in [6.07, 6.45) is -0.651. The van der Waals surface area contributed by atoms with Crippen LogP contribution in [0.15, 0.2) is 36.4 Å². The number of ether oxygens (including phenoxy) is 1. The maximum Gasteiger partial charge on any atom is 0.416 e. The van der Waals surface area contributed by atoms with Crippen molar-refractivity contribution in [1.29, 1.82) is 0 Å². The van der Waals surface area contributed by atoms with E-state index in [2.05, 4.69) is 5.32 Å². The Balaban J connectivity index is 1.67. The van der Waals surface area contributed by atoms with E-state index in [-0.39, 0.29) is 19.4 Å². The van der Waals surface area contributed by atoms with E-state index in [9.17, 15) is 22.8 Å². The first-order chi connectivity index (χ1) is 14.7. The van der Waals surface area contributed by atoms with Crippen molar-refractivity contribution in [1.82, 2.24) is 5.32 Å². The van der Waals surface area contributed by atoms with Gasteiger partial charge in [0.05, 0.1) is 12.2 Å². The first-order valence-corrected chi connectivity index (χ1v) is 10.5. The summed E-state index contributed by atoms with van der Waals surface area (Å²) < 4.78 is 44.7. The van der Waals surface area contributed by atoms with E-state index in [1.807, 2.05) is 12.1 Å². The van der Waals surface area contributed by atoms with Crippen molar-refractivity contribution >= 4 is 11.9 Å². The second-order valence-electron chi connectivity index (χ2n) is 8.24. The number of nitrogens with one attached hydrogen (secondary N) is 1. The number of esters is 1. The quantitative estimate of drug-likeness (QED) is 0.730. The topological polar surface area (TPSA) is 55.4 Å². The zero-order valence-corrected chi connectivity index (χ0v) is 17.3. The molecule has 0 aliphatic heterocycles. The second kappa shape index (κ2) is 8.02. The highest BCUT2D eigenvalue weighted by molar-refractivity contribution is 6.00. The molecular weight excluding hydrogens is 407 g/mol. The number of halogens is 3. The van der Waals surface area contributed by atoms with Crippen LogP contribution in [-0.4, -0.2) is 24.0 Å². The fourth-order valence-electron chi connectivity index (χ4n) is 4.68. The van der Waals surface area contributed by atoms with Crippen LogP contribution in [0, 0.1) is 0 Å². The van der Waals surface area contributed by atoms with Gasteiger partial charge in [-0.05, 0) is 73.1 Å². The van der Waals surface area contributed by atoms with Crippen molar-refractivity contribution in [3.63, 3.8) is 0 Å². The molecule has 1 amide bonds. The van der Waals surface area contributed by atoms with Crippen LogP contribution < -0.4 is 5.32 Å². The van der Waals surface area contributed by atoms with Crippen LogP contribution in [0.25, 0.3) is 0 Å². The predicted octanol–water partition coefficient (Wildman–Crippen LogP) is 4.41. The number of aryl methyl sites for hydroxylation is 1. The zero-order valence-electron chi connectivity index (χ0n) is 17.3. The molecule has 0 radical (unpaired) electrons. The van der Waals surface area contributed by atoms with Gasteiger partial charge < -0.3 is 10.1 Å². The average molecular weight is 431 g/mol. The summed E-state index contributed by atoms with van der Waals surface area (Å²) >= 11 is 0. The fourth-order valence-corrected chi connectivity index (χ4v) is 4.68. The van der Waals surface area contributed by atoms with Crippen LogP contribution in [0.2, 0.25) is 0 Å². The Morgan fingerprint density at radius 1 is 1.03 bits per heavy atom. The molecule has 1 N–H and O–H groups in total. The maximum absolute atomic E-state index is 13.3. The molecule has 0 saturated carbocycles. The minimum Gasteiger partial charge on any atom is -0.464 e. The third-order valence-electron chi connectivity index (χ3n) is 6.18. The normalized spacial score (nSPS) is 20.0. The third-order valence-corrected chi connectivity index (χ3v) is 6.18. The molecule has 0 heterocycles. The van der Waals surface area contributed by atoms with Crippen molar-refractivity contribution in [2.45, 2.75) is 57.2 Å². The summed E-state index contributed by atoms with van der Waals surface area (Å²) in [6.45, 7) is 1.77. The number of alkyl halides is 3. The Morgan fingerprint density at radius 2 is 1.77 bits per heavy atom. The summed E-state index contributed by atoms with van der Waals surface area (Å²) in [7, 11) is 0. The van der Waals surface area contributed by atoms with Crippen molar-refractivity contribution < 1.29 is 27.5 Å². The van der Waals surface area contributed by atoms with Gasteiger partial charge in [0.15, 0.2) is 0 Å². The molecule has 4 nitrogen and oxygen atoms in total. The number of fused-ring (bicyclic) bond motifs is 2. The number of carbonyl (C=O) groups is 2. The summed E-state index contributed by atoms with van der Waals surface area (Å²) in [4.78, 5) is 26.2. The molecule has 2 aromatic rings. The van der Waals surface area contributed by atoms with E-state index in [1.165, 1.54) is 6.07 Å². The Labute approximate surface area is 178 Å². The highest BCUT2D eigenvalue weighted by atomic mass is 19.4. The van der Waals surface area contributed by atoms with Crippen LogP contribution in [0.3, 0.4) is 0 Å². The van der Waals surface area contributed by atoms with E-state index < -0.39 is 29.2 Å². The van der Waals surface area contributed by atoms with Gasteiger partial charge in [-0.25, -0.2) is 4.79 Å². The van der Waals surface area contributed by atoms with Crippen LogP contribution in [0.1, 0.15) is 57.9 Å². The fraction of sp³-hybridized carbons (Fsp3) is 0.417. The molecule has 164 valence electrons. The second-order valence-corrected chi connectivity index (χ2v) is 8.24. The van der Waals surface area contributed by atoms with Crippen LogP contribution >= 0.6 is 0 Å². The van der Waals surface area contributed by atoms with Crippen LogP contribution in [0.4, 0.5) is 13.2 Å². The average Bonchev–Trinajstić information content (AvgIpc) is 3.11. The van der Waals surface area contributed by atoms with Crippen LogP contribution in [-0.2, 0) is 41.4 Å². The highest BCUT2D eigenvalue weighted by Gasteiger charge is 2.47. The van der Waals surface area contributed by atoms with E-state index in [0.29, 0.717) is 16.7 Å². The largest absolute Gasteiger partial charge is 0.464 e. The first-order valence-electron chi connectivity index (χ1n) is 10.5. The SMILES string of the molecule is CCOC(=O)C1(NC(=O)c2cccc3c2CCCC3)Cc2ccc(C(F)(F)F)cc2C1. The molecule has 4 rings (SSSR count). The van der Waals surface area contributed by atoms with Gasteiger partial charge in [-0.3, -0.25) is 4.79 Å². The summed E-state index contributed by atoms with van der Waals surface area (Å²) in [5.41, 5.74) is 1.46. The number of rotatable bonds is 4. The van der Waals surface area contributed by atoms with E-state index in [0.717, 1.165) is 48.9 Å². The smallest absolute Gasteiger partial charge is 0.416 e. The monoisotopic (exact) mass is 431 g/mol. The van der Waals surface area contributed by atoms with Crippen LogP contribution in [0.5, 0.6) is 0 Å². The lowest BCUT2D eigenvalue weighted by Crippen LogP contribution is -2.56. The van der Waals surface area contributed by atoms with E-state index >= 15 is 0 Å². The lowest BCUT2D eigenvalue weighted by molar-refractivity contribution is -0.150. The molecule has 1 unspecified atom stereocenters. The summed E-state index contributed by atoms with van der Waals surface area (Å²) in [5, 5.41) is 2.85. The molecule has 0 spiro atoms. The van der Waals surface area contributed by atoms with E-state index in [4.69, 9.17) is 4.74 Å². The number of carbonyl (C=O) groups excluding carboxylic acids is 2. The zero-order chi connectivity index (χ0) is 22.2. The number of benzene rings is 2. The van der Waals surface area contributed by atoms with Gasteiger partial charge >= 0.3 is 12.1 Å². The third kappa shape index (κ3) is 4.05. The summed E-state index contributed by atoms with van der Waals surface area (Å²) in [5.74, 6) is -1.02. The van der Waals surface area contributed by atoms with Crippen molar-refractivity contribution in [3.05, 3.63) is 69.8 Å². The van der Waals surface area contributed by atoms with Gasteiger partial charge in [0, 0.05) is 18.4 Å². The number of hydrogen-bond donors (Lipinski definition) is 1.